The summed E-state index contributed by atoms with van der Waals surface area (Å²) in [4.78, 5) is 14.8. The Hall–Kier alpha value is -1.95. The van der Waals surface area contributed by atoms with Crippen molar-refractivity contribution in [3.05, 3.63) is 57.3 Å². The summed E-state index contributed by atoms with van der Waals surface area (Å²) in [5, 5.41) is 11.7. The number of nitro benzene ring substituents is 1. The number of pyridine rings is 1. The number of alkyl halides is 1. The van der Waals surface area contributed by atoms with Crippen LogP contribution in [0.5, 0.6) is 11.6 Å². The zero-order valence-corrected chi connectivity index (χ0v) is 12.7. The number of aromatic nitrogens is 1. The Morgan fingerprint density at radius 2 is 2.10 bits per heavy atom. The fourth-order valence-corrected chi connectivity index (χ4v) is 2.07. The minimum absolute atomic E-state index is 0.0595. The standard InChI is InChI=1S/C14H13BrN2O3/c1-9-3-4-13(12(5-9)17(18)19)20-14-10(2)6-11(7-15)8-16-14/h3-6,8H,7H2,1-2H3. The fourth-order valence-electron chi connectivity index (χ4n) is 1.76. The van der Waals surface area contributed by atoms with Crippen molar-refractivity contribution in [2.45, 2.75) is 19.2 Å². The lowest BCUT2D eigenvalue weighted by Gasteiger charge is -2.09. The molecule has 0 saturated heterocycles. The minimum Gasteiger partial charge on any atom is -0.432 e. The number of aryl methyl sites for hydroxylation is 2. The molecule has 0 amide bonds. The Kier molecular flexibility index (Phi) is 4.34. The van der Waals surface area contributed by atoms with Gasteiger partial charge < -0.3 is 4.74 Å². The maximum atomic E-state index is 11.0. The second-order valence-electron chi connectivity index (χ2n) is 4.43. The highest BCUT2D eigenvalue weighted by atomic mass is 79.9. The molecule has 20 heavy (non-hydrogen) atoms. The van der Waals surface area contributed by atoms with E-state index in [2.05, 4.69) is 20.9 Å². The van der Waals surface area contributed by atoms with Gasteiger partial charge in [-0.05, 0) is 37.1 Å². The summed E-state index contributed by atoms with van der Waals surface area (Å²) in [5.74, 6) is 0.574. The lowest BCUT2D eigenvalue weighted by molar-refractivity contribution is -0.385. The van der Waals surface area contributed by atoms with Gasteiger partial charge in [-0.25, -0.2) is 4.98 Å². The molecule has 0 fully saturated rings. The summed E-state index contributed by atoms with van der Waals surface area (Å²) in [7, 11) is 0. The van der Waals surface area contributed by atoms with Crippen LogP contribution < -0.4 is 4.74 Å². The molecule has 0 saturated carbocycles. The van der Waals surface area contributed by atoms with E-state index in [1.54, 1.807) is 25.3 Å². The average molecular weight is 337 g/mol. The molecule has 104 valence electrons. The Bertz CT molecular complexity index is 659. The average Bonchev–Trinajstić information content (AvgIpc) is 2.42. The van der Waals surface area contributed by atoms with Crippen molar-refractivity contribution in [1.82, 2.24) is 4.98 Å². The second kappa shape index (κ2) is 6.00. The first-order chi connectivity index (χ1) is 9.51. The summed E-state index contributed by atoms with van der Waals surface area (Å²) in [6, 6.07) is 6.77. The first-order valence-electron chi connectivity index (χ1n) is 5.95. The molecule has 0 aliphatic heterocycles. The van der Waals surface area contributed by atoms with Gasteiger partial charge in [0, 0.05) is 23.2 Å². The highest BCUT2D eigenvalue weighted by Crippen LogP contribution is 2.32. The van der Waals surface area contributed by atoms with Crippen molar-refractivity contribution in [2.24, 2.45) is 0 Å². The monoisotopic (exact) mass is 336 g/mol. The second-order valence-corrected chi connectivity index (χ2v) is 4.99. The molecule has 6 heteroatoms. The SMILES string of the molecule is Cc1ccc(Oc2ncc(CBr)cc2C)c([N+](=O)[O-])c1. The molecule has 0 atom stereocenters. The molecule has 2 rings (SSSR count). The fraction of sp³-hybridized carbons (Fsp3) is 0.214. The van der Waals surface area contributed by atoms with Gasteiger partial charge in [-0.1, -0.05) is 22.0 Å². The predicted molar refractivity (Wildman–Crippen MR) is 79.5 cm³/mol. The first-order valence-corrected chi connectivity index (χ1v) is 7.08. The van der Waals surface area contributed by atoms with Gasteiger partial charge in [0.1, 0.15) is 0 Å². The van der Waals surface area contributed by atoms with Crippen molar-refractivity contribution in [3.63, 3.8) is 0 Å². The lowest BCUT2D eigenvalue weighted by Crippen LogP contribution is -1.97. The van der Waals surface area contributed by atoms with Gasteiger partial charge in [0.25, 0.3) is 0 Å². The molecule has 0 radical (unpaired) electrons. The molecule has 0 aliphatic carbocycles. The van der Waals surface area contributed by atoms with E-state index >= 15 is 0 Å². The van der Waals surface area contributed by atoms with E-state index in [4.69, 9.17) is 4.74 Å². The van der Waals surface area contributed by atoms with Gasteiger partial charge in [0.05, 0.1) is 4.92 Å². The van der Waals surface area contributed by atoms with Crippen LogP contribution in [-0.2, 0) is 5.33 Å². The number of nitro groups is 1. The predicted octanol–water partition coefficient (Wildman–Crippen LogP) is 4.29. The van der Waals surface area contributed by atoms with Crippen molar-refractivity contribution < 1.29 is 9.66 Å². The highest BCUT2D eigenvalue weighted by molar-refractivity contribution is 9.08. The number of rotatable bonds is 4. The van der Waals surface area contributed by atoms with Crippen LogP contribution in [0.4, 0.5) is 5.69 Å². The van der Waals surface area contributed by atoms with Crippen LogP contribution in [0.25, 0.3) is 0 Å². The zero-order valence-electron chi connectivity index (χ0n) is 11.1. The Labute approximate surface area is 124 Å². The van der Waals surface area contributed by atoms with Gasteiger partial charge in [0.2, 0.25) is 11.6 Å². The summed E-state index contributed by atoms with van der Waals surface area (Å²) < 4.78 is 5.59. The Balaban J connectivity index is 2.37. The molecular formula is C14H13BrN2O3. The van der Waals surface area contributed by atoms with E-state index in [0.717, 1.165) is 16.7 Å². The topological polar surface area (TPSA) is 65.3 Å². The molecule has 0 aliphatic rings. The summed E-state index contributed by atoms with van der Waals surface area (Å²) in [6.07, 6.45) is 1.68. The van der Waals surface area contributed by atoms with Crippen LogP contribution in [0, 0.1) is 24.0 Å². The van der Waals surface area contributed by atoms with Crippen LogP contribution in [0.2, 0.25) is 0 Å². The molecule has 0 spiro atoms. The zero-order chi connectivity index (χ0) is 14.7. The number of halogens is 1. The number of ether oxygens (including phenoxy) is 1. The molecule has 2 aromatic rings. The summed E-state index contributed by atoms with van der Waals surface area (Å²) >= 11 is 3.35. The van der Waals surface area contributed by atoms with Gasteiger partial charge >= 0.3 is 5.69 Å². The lowest BCUT2D eigenvalue weighted by atomic mass is 10.2. The van der Waals surface area contributed by atoms with Crippen LogP contribution >= 0.6 is 15.9 Å². The third-order valence-corrected chi connectivity index (χ3v) is 3.41. The number of benzene rings is 1. The molecule has 1 aromatic carbocycles. The Morgan fingerprint density at radius 3 is 2.70 bits per heavy atom. The van der Waals surface area contributed by atoms with E-state index in [-0.39, 0.29) is 11.4 Å². The molecule has 0 bridgehead atoms. The smallest absolute Gasteiger partial charge is 0.311 e. The van der Waals surface area contributed by atoms with Crippen molar-refractivity contribution in [1.29, 1.82) is 0 Å². The van der Waals surface area contributed by atoms with Gasteiger partial charge in [-0.15, -0.1) is 0 Å². The van der Waals surface area contributed by atoms with Gasteiger partial charge in [0.15, 0.2) is 0 Å². The largest absolute Gasteiger partial charge is 0.432 e. The molecule has 0 N–H and O–H groups in total. The van der Waals surface area contributed by atoms with Crippen LogP contribution in [0.15, 0.2) is 30.5 Å². The molecule has 0 unspecified atom stereocenters. The van der Waals surface area contributed by atoms with E-state index < -0.39 is 4.92 Å². The quantitative estimate of drug-likeness (QED) is 0.474. The van der Waals surface area contributed by atoms with E-state index in [1.807, 2.05) is 13.0 Å². The van der Waals surface area contributed by atoms with Crippen LogP contribution in [-0.4, -0.2) is 9.91 Å². The van der Waals surface area contributed by atoms with E-state index in [9.17, 15) is 10.1 Å². The molecule has 5 nitrogen and oxygen atoms in total. The number of nitrogens with zero attached hydrogens (tertiary/aromatic N) is 2. The Morgan fingerprint density at radius 1 is 1.35 bits per heavy atom. The van der Waals surface area contributed by atoms with E-state index in [0.29, 0.717) is 11.2 Å². The van der Waals surface area contributed by atoms with Crippen molar-refractivity contribution >= 4 is 21.6 Å². The van der Waals surface area contributed by atoms with E-state index in [1.165, 1.54) is 6.07 Å². The van der Waals surface area contributed by atoms with Crippen molar-refractivity contribution in [2.75, 3.05) is 0 Å². The third kappa shape index (κ3) is 3.14. The molecule has 1 heterocycles. The maximum Gasteiger partial charge on any atom is 0.311 e. The van der Waals surface area contributed by atoms with Gasteiger partial charge in [-0.3, -0.25) is 10.1 Å². The normalized spacial score (nSPS) is 10.3. The van der Waals surface area contributed by atoms with Crippen LogP contribution in [0.3, 0.4) is 0 Å². The minimum atomic E-state index is -0.454. The molecule has 1 aromatic heterocycles. The van der Waals surface area contributed by atoms with Crippen molar-refractivity contribution in [3.8, 4) is 11.6 Å². The van der Waals surface area contributed by atoms with Crippen LogP contribution in [0.1, 0.15) is 16.7 Å². The van der Waals surface area contributed by atoms with Gasteiger partial charge in [-0.2, -0.15) is 0 Å². The summed E-state index contributed by atoms with van der Waals surface area (Å²) in [5.41, 5.74) is 2.60. The third-order valence-electron chi connectivity index (χ3n) is 2.76. The summed E-state index contributed by atoms with van der Waals surface area (Å²) in [6.45, 7) is 3.65. The highest BCUT2D eigenvalue weighted by Gasteiger charge is 2.17. The number of hydrogen-bond donors (Lipinski definition) is 0. The molecular weight excluding hydrogens is 324 g/mol. The number of hydrogen-bond acceptors (Lipinski definition) is 4. The maximum absolute atomic E-state index is 11.0. The first kappa shape index (κ1) is 14.5.